The van der Waals surface area contributed by atoms with Crippen LogP contribution in [0.4, 0.5) is 5.82 Å². The van der Waals surface area contributed by atoms with Crippen LogP contribution in [0.2, 0.25) is 0 Å². The Morgan fingerprint density at radius 2 is 2.09 bits per heavy atom. The fourth-order valence-corrected chi connectivity index (χ4v) is 4.93. The first kappa shape index (κ1) is 22.3. The van der Waals surface area contributed by atoms with E-state index in [0.29, 0.717) is 0 Å². The van der Waals surface area contributed by atoms with Gasteiger partial charge in [-0.25, -0.2) is 4.98 Å². The van der Waals surface area contributed by atoms with Crippen molar-refractivity contribution in [3.63, 3.8) is 0 Å². The Kier molecular flexibility index (Phi) is 7.39. The fraction of sp³-hybridized carbons (Fsp3) is 0.360. The summed E-state index contributed by atoms with van der Waals surface area (Å²) in [6.07, 6.45) is 7.90. The number of carbonyl (C=O) groups is 1. The number of aromatic amines is 1. The Bertz CT molecular complexity index is 1180. The van der Waals surface area contributed by atoms with E-state index in [1.165, 1.54) is 22.3 Å². The van der Waals surface area contributed by atoms with E-state index in [1.807, 2.05) is 31.4 Å². The molecule has 0 bridgehead atoms. The van der Waals surface area contributed by atoms with Gasteiger partial charge in [-0.3, -0.25) is 4.79 Å². The maximum atomic E-state index is 13.1. The van der Waals surface area contributed by atoms with Crippen LogP contribution in [0, 0.1) is 0 Å². The van der Waals surface area contributed by atoms with Crippen molar-refractivity contribution < 1.29 is 4.79 Å². The standard InChI is InChI=1S/C25H31N5OS/c1-3-4-7-19(12-17-15-28-21-9-6-5-8-20(17)21)30-25(31)23-13-18-16-29-24(14-22(18)32-23)27-11-10-26-2/h5-6,8-9,13-16,19,26,28H,3-4,7,10-12H2,1-2H3,(H,27,29)(H,30,31)/t19-/m0/s1. The number of benzene rings is 1. The number of hydrogen-bond donors (Lipinski definition) is 4. The molecule has 32 heavy (non-hydrogen) atoms. The second-order valence-corrected chi connectivity index (χ2v) is 9.21. The van der Waals surface area contributed by atoms with Gasteiger partial charge in [0.2, 0.25) is 0 Å². The van der Waals surface area contributed by atoms with Crippen LogP contribution in [0.1, 0.15) is 41.4 Å². The number of anilines is 1. The Morgan fingerprint density at radius 3 is 2.94 bits per heavy atom. The number of hydrogen-bond acceptors (Lipinski definition) is 5. The zero-order valence-corrected chi connectivity index (χ0v) is 19.5. The smallest absolute Gasteiger partial charge is 0.261 e. The van der Waals surface area contributed by atoms with Crippen molar-refractivity contribution in [2.75, 3.05) is 25.5 Å². The number of likely N-dealkylation sites (N-methyl/N-ethyl adjacent to an activating group) is 1. The van der Waals surface area contributed by atoms with Crippen LogP contribution in [-0.4, -0.2) is 42.1 Å². The van der Waals surface area contributed by atoms with E-state index < -0.39 is 0 Å². The minimum Gasteiger partial charge on any atom is -0.369 e. The van der Waals surface area contributed by atoms with E-state index in [1.54, 1.807) is 0 Å². The maximum absolute atomic E-state index is 13.1. The molecule has 0 fully saturated rings. The summed E-state index contributed by atoms with van der Waals surface area (Å²) in [6.45, 7) is 3.86. The number of unbranched alkanes of at least 4 members (excludes halogenated alkanes) is 1. The highest BCUT2D eigenvalue weighted by molar-refractivity contribution is 7.20. The van der Waals surface area contributed by atoms with Crippen LogP contribution in [0.5, 0.6) is 0 Å². The largest absolute Gasteiger partial charge is 0.369 e. The second kappa shape index (κ2) is 10.6. The molecule has 6 nitrogen and oxygen atoms in total. The van der Waals surface area contributed by atoms with Crippen molar-refractivity contribution in [3.8, 4) is 0 Å². The number of nitrogens with zero attached hydrogens (tertiary/aromatic N) is 1. The number of H-pyrrole nitrogens is 1. The van der Waals surface area contributed by atoms with Gasteiger partial charge in [-0.05, 0) is 43.7 Å². The summed E-state index contributed by atoms with van der Waals surface area (Å²) in [5.74, 6) is 0.832. The summed E-state index contributed by atoms with van der Waals surface area (Å²) in [7, 11) is 1.93. The Hall–Kier alpha value is -2.90. The number of rotatable bonds is 11. The third-order valence-corrected chi connectivity index (χ3v) is 6.79. The van der Waals surface area contributed by atoms with E-state index in [2.05, 4.69) is 57.2 Å². The molecule has 4 N–H and O–H groups in total. The lowest BCUT2D eigenvalue weighted by Crippen LogP contribution is -2.36. The van der Waals surface area contributed by atoms with Crippen molar-refractivity contribution in [1.82, 2.24) is 20.6 Å². The van der Waals surface area contributed by atoms with Crippen LogP contribution in [-0.2, 0) is 6.42 Å². The average molecular weight is 450 g/mol. The minimum absolute atomic E-state index is 0.00293. The summed E-state index contributed by atoms with van der Waals surface area (Å²) in [5.41, 5.74) is 2.39. The Morgan fingerprint density at radius 1 is 1.22 bits per heavy atom. The summed E-state index contributed by atoms with van der Waals surface area (Å²) < 4.78 is 1.07. The van der Waals surface area contributed by atoms with Gasteiger partial charge in [0, 0.05) is 52.5 Å². The van der Waals surface area contributed by atoms with Gasteiger partial charge in [0.15, 0.2) is 0 Å². The molecule has 0 saturated heterocycles. The third kappa shape index (κ3) is 5.29. The Labute approximate surface area is 192 Å². The molecule has 168 valence electrons. The van der Waals surface area contributed by atoms with Gasteiger partial charge < -0.3 is 20.9 Å². The highest BCUT2D eigenvalue weighted by Gasteiger charge is 2.18. The first-order chi connectivity index (χ1) is 15.7. The van der Waals surface area contributed by atoms with Crippen molar-refractivity contribution in [1.29, 1.82) is 0 Å². The molecule has 7 heteroatoms. The first-order valence-electron chi connectivity index (χ1n) is 11.3. The van der Waals surface area contributed by atoms with Gasteiger partial charge in [-0.15, -0.1) is 11.3 Å². The monoisotopic (exact) mass is 449 g/mol. The number of pyridine rings is 1. The quantitative estimate of drug-likeness (QED) is 0.245. The lowest BCUT2D eigenvalue weighted by atomic mass is 10.0. The highest BCUT2D eigenvalue weighted by Crippen LogP contribution is 2.27. The van der Waals surface area contributed by atoms with Gasteiger partial charge >= 0.3 is 0 Å². The normalized spacial score (nSPS) is 12.3. The number of aromatic nitrogens is 2. The van der Waals surface area contributed by atoms with E-state index in [-0.39, 0.29) is 11.9 Å². The lowest BCUT2D eigenvalue weighted by molar-refractivity contribution is 0.0938. The SMILES string of the molecule is CCCC[C@@H](Cc1c[nH]c2ccccc12)NC(=O)c1cc2cnc(NCCNC)cc2s1. The number of carbonyl (C=O) groups excluding carboxylic acids is 1. The van der Waals surface area contributed by atoms with Crippen molar-refractivity contribution in [2.45, 2.75) is 38.6 Å². The molecule has 0 spiro atoms. The van der Waals surface area contributed by atoms with Gasteiger partial charge in [0.05, 0.1) is 4.88 Å². The summed E-state index contributed by atoms with van der Waals surface area (Å²) >= 11 is 1.52. The van der Waals surface area contributed by atoms with Crippen LogP contribution in [0.15, 0.2) is 48.8 Å². The van der Waals surface area contributed by atoms with Crippen LogP contribution in [0.3, 0.4) is 0 Å². The molecule has 0 radical (unpaired) electrons. The predicted molar refractivity (Wildman–Crippen MR) is 135 cm³/mol. The second-order valence-electron chi connectivity index (χ2n) is 8.12. The number of nitrogens with one attached hydrogen (secondary N) is 4. The van der Waals surface area contributed by atoms with Gasteiger partial charge in [0.1, 0.15) is 5.82 Å². The van der Waals surface area contributed by atoms with E-state index in [4.69, 9.17) is 0 Å². The van der Waals surface area contributed by atoms with Crippen LogP contribution in [0.25, 0.3) is 21.0 Å². The van der Waals surface area contributed by atoms with Gasteiger partial charge in [-0.1, -0.05) is 38.0 Å². The molecular formula is C25H31N5OS. The molecule has 1 aromatic carbocycles. The van der Waals surface area contributed by atoms with Gasteiger partial charge in [-0.2, -0.15) is 0 Å². The molecule has 3 aromatic heterocycles. The van der Waals surface area contributed by atoms with Crippen molar-refractivity contribution >= 4 is 44.1 Å². The molecule has 1 amide bonds. The summed E-state index contributed by atoms with van der Waals surface area (Å²) in [4.78, 5) is 21.7. The molecular weight excluding hydrogens is 418 g/mol. The van der Waals surface area contributed by atoms with Crippen LogP contribution < -0.4 is 16.0 Å². The molecule has 4 aromatic rings. The molecule has 0 saturated carbocycles. The van der Waals surface area contributed by atoms with Crippen molar-refractivity contribution in [2.24, 2.45) is 0 Å². The summed E-state index contributed by atoms with van der Waals surface area (Å²) in [5, 5.41) is 11.9. The third-order valence-electron chi connectivity index (χ3n) is 5.69. The topological polar surface area (TPSA) is 81.8 Å². The summed E-state index contributed by atoms with van der Waals surface area (Å²) in [6, 6.07) is 12.4. The van der Waals surface area contributed by atoms with E-state index in [9.17, 15) is 4.79 Å². The molecule has 1 atom stereocenters. The molecule has 3 heterocycles. The average Bonchev–Trinajstić information content (AvgIpc) is 3.42. The zero-order chi connectivity index (χ0) is 22.3. The van der Waals surface area contributed by atoms with Crippen LogP contribution >= 0.6 is 11.3 Å². The molecule has 0 unspecified atom stereocenters. The number of para-hydroxylation sites is 1. The molecule has 0 aliphatic rings. The number of fused-ring (bicyclic) bond motifs is 2. The first-order valence-corrected chi connectivity index (χ1v) is 12.1. The number of thiophene rings is 1. The zero-order valence-electron chi connectivity index (χ0n) is 18.7. The highest BCUT2D eigenvalue weighted by atomic mass is 32.1. The molecule has 0 aliphatic heterocycles. The fourth-order valence-electron chi connectivity index (χ4n) is 3.96. The lowest BCUT2D eigenvalue weighted by Gasteiger charge is -2.18. The van der Waals surface area contributed by atoms with Crippen molar-refractivity contribution in [3.05, 3.63) is 59.2 Å². The molecule has 0 aliphatic carbocycles. The Balaban J connectivity index is 1.48. The van der Waals surface area contributed by atoms with E-state index >= 15 is 0 Å². The minimum atomic E-state index is -0.00293. The van der Waals surface area contributed by atoms with Gasteiger partial charge in [0.25, 0.3) is 5.91 Å². The predicted octanol–water partition coefficient (Wildman–Crippen LogP) is 4.94. The van der Waals surface area contributed by atoms with E-state index in [0.717, 1.165) is 65.1 Å². The maximum Gasteiger partial charge on any atom is 0.261 e. The molecule has 4 rings (SSSR count). The number of amides is 1.